The number of hydrogen-bond acceptors (Lipinski definition) is 1. The van der Waals surface area contributed by atoms with Gasteiger partial charge in [-0.25, -0.2) is 17.6 Å². The predicted octanol–water partition coefficient (Wildman–Crippen LogP) is 3.81. The fourth-order valence-electron chi connectivity index (χ4n) is 2.56. The van der Waals surface area contributed by atoms with Gasteiger partial charge < -0.3 is 4.43 Å². The Bertz CT molecular complexity index is 467. The van der Waals surface area contributed by atoms with Crippen LogP contribution in [-0.4, -0.2) is 16.1 Å². The van der Waals surface area contributed by atoms with Crippen molar-refractivity contribution in [3.05, 3.63) is 34.9 Å². The highest BCUT2D eigenvalue weighted by atomic mass is 28.2. The van der Waals surface area contributed by atoms with Gasteiger partial charge in [0.15, 0.2) is 23.3 Å². The zero-order valence-corrected chi connectivity index (χ0v) is 14.7. The number of benzene rings is 1. The van der Waals surface area contributed by atoms with Gasteiger partial charge in [0.05, 0.1) is 5.60 Å². The fraction of sp³-hybridized carbons (Fsp3) is 0.600. The maximum atomic E-state index is 13.5. The van der Waals surface area contributed by atoms with Gasteiger partial charge in [-0.1, -0.05) is 20.3 Å². The summed E-state index contributed by atoms with van der Waals surface area (Å²) in [6, 6.07) is 0.740. The highest BCUT2D eigenvalue weighted by Gasteiger charge is 2.24. The van der Waals surface area contributed by atoms with Crippen LogP contribution in [0.2, 0.25) is 0 Å². The first-order chi connectivity index (χ1) is 9.90. The van der Waals surface area contributed by atoms with Crippen molar-refractivity contribution < 1.29 is 22.0 Å². The summed E-state index contributed by atoms with van der Waals surface area (Å²) in [4.78, 5) is 0. The van der Waals surface area contributed by atoms with Crippen LogP contribution < -0.4 is 0 Å². The quantitative estimate of drug-likeness (QED) is 0.232. The van der Waals surface area contributed by atoms with E-state index in [1.54, 1.807) is 0 Å². The highest BCUT2D eigenvalue weighted by Crippen LogP contribution is 2.27. The summed E-state index contributed by atoms with van der Waals surface area (Å²) in [5.41, 5.74) is -0.249. The average molecular weight is 322 g/mol. The van der Waals surface area contributed by atoms with Crippen LogP contribution in [0.15, 0.2) is 6.07 Å². The van der Waals surface area contributed by atoms with Crippen LogP contribution in [0.3, 0.4) is 0 Å². The third kappa shape index (κ3) is 4.29. The van der Waals surface area contributed by atoms with E-state index in [1.807, 2.05) is 0 Å². The van der Waals surface area contributed by atoms with Crippen LogP contribution >= 0.6 is 0 Å². The minimum Gasteiger partial charge on any atom is -0.422 e. The maximum Gasteiger partial charge on any atom is 0.197 e. The van der Waals surface area contributed by atoms with Crippen LogP contribution in [0.1, 0.15) is 51.5 Å². The molecule has 0 bridgehead atoms. The van der Waals surface area contributed by atoms with Crippen molar-refractivity contribution in [1.29, 1.82) is 0 Å². The fourth-order valence-corrected chi connectivity index (χ4v) is 3.34. The van der Waals surface area contributed by atoms with E-state index in [9.17, 15) is 17.6 Å². The molecule has 0 atom stereocenters. The van der Waals surface area contributed by atoms with E-state index in [1.165, 1.54) is 0 Å². The van der Waals surface area contributed by atoms with Crippen molar-refractivity contribution in [1.82, 2.24) is 0 Å². The van der Waals surface area contributed by atoms with Gasteiger partial charge >= 0.3 is 0 Å². The van der Waals surface area contributed by atoms with Crippen LogP contribution in [0, 0.1) is 23.3 Å². The minimum atomic E-state index is -1.75. The van der Waals surface area contributed by atoms with Crippen molar-refractivity contribution >= 4 is 10.5 Å². The van der Waals surface area contributed by atoms with E-state index in [4.69, 9.17) is 4.43 Å². The Morgan fingerprint density at radius 2 is 1.62 bits per heavy atom. The molecule has 0 amide bonds. The molecule has 0 aliphatic rings. The molecule has 0 radical (unpaired) electrons. The Balaban J connectivity index is 2.61. The standard InChI is InChI=1S/C15H22F4OSi/c1-3-15(4-2,20-21)8-6-5-7-10-9-11(16)13(18)14(19)12(10)17/h9H,3-8H2,1-2,21H3. The number of unbranched alkanes of at least 4 members (excludes halogenated alkanes) is 1. The zero-order valence-electron chi connectivity index (χ0n) is 12.7. The van der Waals surface area contributed by atoms with Crippen LogP contribution in [0.5, 0.6) is 0 Å². The lowest BCUT2D eigenvalue weighted by Crippen LogP contribution is -2.30. The Labute approximate surface area is 126 Å². The molecule has 0 aliphatic heterocycles. The second-order valence-electron chi connectivity index (χ2n) is 5.26. The van der Waals surface area contributed by atoms with E-state index < -0.39 is 23.3 Å². The number of aryl methyl sites for hydroxylation is 1. The topological polar surface area (TPSA) is 9.23 Å². The first-order valence-electron chi connectivity index (χ1n) is 7.27. The number of rotatable bonds is 8. The van der Waals surface area contributed by atoms with E-state index >= 15 is 0 Å². The molecular formula is C15H22F4OSi. The second-order valence-corrected chi connectivity index (χ2v) is 5.67. The average Bonchev–Trinajstić information content (AvgIpc) is 2.51. The van der Waals surface area contributed by atoms with Crippen LogP contribution in [0.4, 0.5) is 17.6 Å². The van der Waals surface area contributed by atoms with Gasteiger partial charge in [0.25, 0.3) is 0 Å². The lowest BCUT2D eigenvalue weighted by molar-refractivity contribution is 0.0585. The van der Waals surface area contributed by atoms with Gasteiger partial charge in [-0.15, -0.1) is 0 Å². The molecule has 0 aromatic heterocycles. The highest BCUT2D eigenvalue weighted by molar-refractivity contribution is 5.98. The first-order valence-corrected chi connectivity index (χ1v) is 8.09. The van der Waals surface area contributed by atoms with Gasteiger partial charge in [0.2, 0.25) is 0 Å². The maximum absolute atomic E-state index is 13.5. The normalized spacial score (nSPS) is 12.1. The Hall–Kier alpha value is -0.883. The van der Waals surface area contributed by atoms with E-state index in [-0.39, 0.29) is 17.6 Å². The third-order valence-electron chi connectivity index (χ3n) is 4.23. The summed E-state index contributed by atoms with van der Waals surface area (Å²) in [5, 5.41) is 0. The molecule has 0 spiro atoms. The molecular weight excluding hydrogens is 300 g/mol. The van der Waals surface area contributed by atoms with Crippen molar-refractivity contribution in [3.8, 4) is 0 Å². The second kappa shape index (κ2) is 7.94. The van der Waals surface area contributed by atoms with Gasteiger partial charge in [-0.05, 0) is 43.7 Å². The zero-order chi connectivity index (χ0) is 16.0. The molecule has 1 aromatic carbocycles. The molecule has 6 heteroatoms. The molecule has 0 aliphatic carbocycles. The Morgan fingerprint density at radius 1 is 1.00 bits per heavy atom. The minimum absolute atomic E-state index is 0.114. The lowest BCUT2D eigenvalue weighted by Gasteiger charge is -2.31. The number of halogens is 4. The monoisotopic (exact) mass is 322 g/mol. The van der Waals surface area contributed by atoms with Crippen molar-refractivity contribution in [2.45, 2.75) is 58.0 Å². The van der Waals surface area contributed by atoms with Crippen LogP contribution in [-0.2, 0) is 10.8 Å². The summed E-state index contributed by atoms with van der Waals surface area (Å²) in [6.07, 6.45) is 4.17. The number of hydrogen-bond donors (Lipinski definition) is 0. The molecule has 1 rings (SSSR count). The molecule has 120 valence electrons. The van der Waals surface area contributed by atoms with Crippen LogP contribution in [0.25, 0.3) is 0 Å². The molecule has 0 fully saturated rings. The van der Waals surface area contributed by atoms with Gasteiger partial charge in [0, 0.05) is 0 Å². The van der Waals surface area contributed by atoms with Crippen molar-refractivity contribution in [2.24, 2.45) is 0 Å². The van der Waals surface area contributed by atoms with Crippen molar-refractivity contribution in [2.75, 3.05) is 0 Å². The Morgan fingerprint density at radius 3 is 2.14 bits per heavy atom. The van der Waals surface area contributed by atoms with Gasteiger partial charge in [-0.2, -0.15) is 0 Å². The summed E-state index contributed by atoms with van der Waals surface area (Å²) in [7, 11) is 0.654. The van der Waals surface area contributed by atoms with E-state index in [2.05, 4.69) is 13.8 Å². The van der Waals surface area contributed by atoms with Gasteiger partial charge in [0.1, 0.15) is 10.5 Å². The largest absolute Gasteiger partial charge is 0.422 e. The predicted molar refractivity (Wildman–Crippen MR) is 78.2 cm³/mol. The smallest absolute Gasteiger partial charge is 0.197 e. The molecule has 0 saturated heterocycles. The van der Waals surface area contributed by atoms with Crippen molar-refractivity contribution in [3.63, 3.8) is 0 Å². The lowest BCUT2D eigenvalue weighted by atomic mass is 9.90. The molecule has 0 saturated carbocycles. The van der Waals surface area contributed by atoms with E-state index in [0.29, 0.717) is 16.9 Å². The summed E-state index contributed by atoms with van der Waals surface area (Å²) < 4.78 is 58.2. The first kappa shape index (κ1) is 18.2. The molecule has 0 unspecified atom stereocenters. The van der Waals surface area contributed by atoms with E-state index in [0.717, 1.165) is 31.7 Å². The Kier molecular flexibility index (Phi) is 6.87. The third-order valence-corrected chi connectivity index (χ3v) is 5.09. The SMILES string of the molecule is CCC(CC)(CCCCc1cc(F)c(F)c(F)c1F)O[SiH3]. The molecule has 1 aromatic rings. The summed E-state index contributed by atoms with van der Waals surface area (Å²) in [6.45, 7) is 4.12. The molecule has 21 heavy (non-hydrogen) atoms. The summed E-state index contributed by atoms with van der Waals surface area (Å²) in [5.74, 6) is -6.12. The molecule has 1 nitrogen and oxygen atoms in total. The summed E-state index contributed by atoms with van der Waals surface area (Å²) >= 11 is 0. The molecule has 0 N–H and O–H groups in total. The molecule has 0 heterocycles. The van der Waals surface area contributed by atoms with Gasteiger partial charge in [-0.3, -0.25) is 0 Å².